The Balaban J connectivity index is 1.84. The molecule has 0 aromatic carbocycles. The van der Waals surface area contributed by atoms with Crippen LogP contribution in [-0.4, -0.2) is 63.9 Å². The monoisotopic (exact) mass is 290 g/mol. The number of carboxylic acids is 1. The van der Waals surface area contributed by atoms with Gasteiger partial charge in [-0.05, 0) is 25.1 Å². The molecule has 1 atom stereocenters. The molecule has 1 saturated heterocycles. The van der Waals surface area contributed by atoms with Gasteiger partial charge in [-0.3, -0.25) is 4.40 Å². The van der Waals surface area contributed by atoms with Gasteiger partial charge in [0, 0.05) is 32.3 Å². The summed E-state index contributed by atoms with van der Waals surface area (Å²) in [5.41, 5.74) is 0.933. The van der Waals surface area contributed by atoms with Crippen LogP contribution in [-0.2, 0) is 4.74 Å². The number of carbonyl (C=O) groups is 1. The van der Waals surface area contributed by atoms with Crippen LogP contribution >= 0.6 is 0 Å². The van der Waals surface area contributed by atoms with Gasteiger partial charge in [0.1, 0.15) is 5.82 Å². The highest BCUT2D eigenvalue weighted by atomic mass is 16.5. The molecule has 7 heteroatoms. The number of methoxy groups -OCH3 is 1. The molecule has 2 aromatic rings. The average molecular weight is 290 g/mol. The van der Waals surface area contributed by atoms with E-state index in [1.54, 1.807) is 29.8 Å². The van der Waals surface area contributed by atoms with Gasteiger partial charge in [-0.2, -0.15) is 0 Å². The molecule has 2 aromatic heterocycles. The first-order valence-corrected chi connectivity index (χ1v) is 6.98. The smallest absolute Gasteiger partial charge is 0.337 e. The second-order valence-corrected chi connectivity index (χ2v) is 5.29. The van der Waals surface area contributed by atoms with E-state index in [9.17, 15) is 4.79 Å². The number of aromatic carboxylic acids is 1. The van der Waals surface area contributed by atoms with Gasteiger partial charge in [0.25, 0.3) is 0 Å². The summed E-state index contributed by atoms with van der Waals surface area (Å²) in [6.07, 6.45) is 2.60. The standard InChI is InChI=1S/C14H18N4O3/c1-21-7-6-17-5-4-10(8-17)13-16-15-12-3-2-11(14(19)20)9-18(12)13/h2-3,9-10H,4-8H2,1H3,(H,19,20). The van der Waals surface area contributed by atoms with Crippen molar-refractivity contribution in [3.8, 4) is 0 Å². The molecule has 0 saturated carbocycles. The van der Waals surface area contributed by atoms with Gasteiger partial charge in [0.05, 0.1) is 12.2 Å². The van der Waals surface area contributed by atoms with Crippen LogP contribution in [0.3, 0.4) is 0 Å². The van der Waals surface area contributed by atoms with Crippen LogP contribution in [0.5, 0.6) is 0 Å². The predicted molar refractivity (Wildman–Crippen MR) is 75.6 cm³/mol. The molecule has 1 aliphatic rings. The first kappa shape index (κ1) is 14.0. The lowest BCUT2D eigenvalue weighted by molar-refractivity contribution is 0.0696. The Bertz CT molecular complexity index is 655. The zero-order valence-corrected chi connectivity index (χ0v) is 11.9. The number of nitrogens with zero attached hydrogens (tertiary/aromatic N) is 4. The largest absolute Gasteiger partial charge is 0.478 e. The van der Waals surface area contributed by atoms with Gasteiger partial charge in [-0.1, -0.05) is 0 Å². The van der Waals surface area contributed by atoms with Crippen molar-refractivity contribution in [3.63, 3.8) is 0 Å². The fraction of sp³-hybridized carbons (Fsp3) is 0.500. The predicted octanol–water partition coefficient (Wildman–Crippen LogP) is 0.863. The van der Waals surface area contributed by atoms with Crippen molar-refractivity contribution in [2.24, 2.45) is 0 Å². The van der Waals surface area contributed by atoms with Gasteiger partial charge in [-0.15, -0.1) is 10.2 Å². The normalized spacial score (nSPS) is 19.4. The van der Waals surface area contributed by atoms with Gasteiger partial charge in [-0.25, -0.2) is 4.79 Å². The summed E-state index contributed by atoms with van der Waals surface area (Å²) in [6.45, 7) is 3.53. The van der Waals surface area contributed by atoms with E-state index in [1.165, 1.54) is 0 Å². The van der Waals surface area contributed by atoms with E-state index in [4.69, 9.17) is 9.84 Å². The van der Waals surface area contributed by atoms with Gasteiger partial charge < -0.3 is 14.7 Å². The molecule has 0 bridgehead atoms. The number of fused-ring (bicyclic) bond motifs is 1. The number of aromatic nitrogens is 3. The highest BCUT2D eigenvalue weighted by Gasteiger charge is 2.27. The molecule has 0 radical (unpaired) electrons. The third kappa shape index (κ3) is 2.74. The fourth-order valence-electron chi connectivity index (χ4n) is 2.78. The van der Waals surface area contributed by atoms with Gasteiger partial charge in [0.2, 0.25) is 0 Å². The Morgan fingerprint density at radius 3 is 3.10 bits per heavy atom. The molecule has 0 aliphatic carbocycles. The molecule has 21 heavy (non-hydrogen) atoms. The minimum Gasteiger partial charge on any atom is -0.478 e. The minimum absolute atomic E-state index is 0.248. The second-order valence-electron chi connectivity index (χ2n) is 5.29. The first-order valence-electron chi connectivity index (χ1n) is 6.98. The van der Waals surface area contributed by atoms with Crippen LogP contribution < -0.4 is 0 Å². The Hall–Kier alpha value is -1.99. The molecule has 1 unspecified atom stereocenters. The van der Waals surface area contributed by atoms with Crippen molar-refractivity contribution in [1.82, 2.24) is 19.5 Å². The minimum atomic E-state index is -0.940. The van der Waals surface area contributed by atoms with E-state index in [0.29, 0.717) is 5.65 Å². The number of pyridine rings is 1. The molecule has 0 spiro atoms. The lowest BCUT2D eigenvalue weighted by atomic mass is 10.1. The molecule has 1 N–H and O–H groups in total. The van der Waals surface area contributed by atoms with Crippen molar-refractivity contribution in [1.29, 1.82) is 0 Å². The average Bonchev–Trinajstić information content (AvgIpc) is 3.10. The van der Waals surface area contributed by atoms with E-state index >= 15 is 0 Å². The van der Waals surface area contributed by atoms with E-state index in [2.05, 4.69) is 15.1 Å². The van der Waals surface area contributed by atoms with Crippen molar-refractivity contribution < 1.29 is 14.6 Å². The summed E-state index contributed by atoms with van der Waals surface area (Å²) in [7, 11) is 1.70. The molecular weight excluding hydrogens is 272 g/mol. The zero-order chi connectivity index (χ0) is 14.8. The molecule has 3 rings (SSSR count). The van der Waals surface area contributed by atoms with Crippen LogP contribution in [0.1, 0.15) is 28.5 Å². The topological polar surface area (TPSA) is 80.0 Å². The highest BCUT2D eigenvalue weighted by molar-refractivity contribution is 5.87. The third-order valence-corrected chi connectivity index (χ3v) is 3.92. The Morgan fingerprint density at radius 1 is 1.48 bits per heavy atom. The molecule has 3 heterocycles. The number of hydrogen-bond acceptors (Lipinski definition) is 5. The lowest BCUT2D eigenvalue weighted by Gasteiger charge is -2.14. The molecule has 0 amide bonds. The van der Waals surface area contributed by atoms with Crippen LogP contribution in [0.4, 0.5) is 0 Å². The Morgan fingerprint density at radius 2 is 2.33 bits per heavy atom. The van der Waals surface area contributed by atoms with E-state index in [0.717, 1.165) is 38.5 Å². The molecule has 112 valence electrons. The lowest BCUT2D eigenvalue weighted by Crippen LogP contribution is -2.24. The summed E-state index contributed by atoms with van der Waals surface area (Å²) in [6, 6.07) is 3.24. The molecule has 1 aliphatic heterocycles. The number of likely N-dealkylation sites (tertiary alicyclic amines) is 1. The van der Waals surface area contributed by atoms with E-state index in [-0.39, 0.29) is 11.5 Å². The van der Waals surface area contributed by atoms with Crippen molar-refractivity contribution >= 4 is 11.6 Å². The maximum absolute atomic E-state index is 11.1. The summed E-state index contributed by atoms with van der Waals surface area (Å²) < 4.78 is 6.90. The molecule has 1 fully saturated rings. The van der Waals surface area contributed by atoms with E-state index in [1.807, 2.05) is 0 Å². The maximum Gasteiger partial charge on any atom is 0.337 e. The summed E-state index contributed by atoms with van der Waals surface area (Å²) in [4.78, 5) is 13.4. The molecule has 7 nitrogen and oxygen atoms in total. The quantitative estimate of drug-likeness (QED) is 0.880. The third-order valence-electron chi connectivity index (χ3n) is 3.92. The zero-order valence-electron chi connectivity index (χ0n) is 11.9. The Kier molecular flexibility index (Phi) is 3.85. The number of rotatable bonds is 5. The summed E-state index contributed by atoms with van der Waals surface area (Å²) in [5, 5.41) is 17.5. The summed E-state index contributed by atoms with van der Waals surface area (Å²) >= 11 is 0. The van der Waals surface area contributed by atoms with Crippen LogP contribution in [0.25, 0.3) is 5.65 Å². The number of hydrogen-bond donors (Lipinski definition) is 1. The summed E-state index contributed by atoms with van der Waals surface area (Å²) in [5.74, 6) is 0.179. The number of ether oxygens (including phenoxy) is 1. The van der Waals surface area contributed by atoms with Crippen molar-refractivity contribution in [2.75, 3.05) is 33.4 Å². The fourth-order valence-corrected chi connectivity index (χ4v) is 2.78. The van der Waals surface area contributed by atoms with Gasteiger partial charge in [0.15, 0.2) is 5.65 Å². The Labute approximate surface area is 122 Å². The van der Waals surface area contributed by atoms with Crippen molar-refractivity contribution in [2.45, 2.75) is 12.3 Å². The van der Waals surface area contributed by atoms with Crippen LogP contribution in [0.15, 0.2) is 18.3 Å². The van der Waals surface area contributed by atoms with E-state index < -0.39 is 5.97 Å². The second kappa shape index (κ2) is 5.79. The van der Waals surface area contributed by atoms with Gasteiger partial charge >= 0.3 is 5.97 Å². The van der Waals surface area contributed by atoms with Crippen molar-refractivity contribution in [3.05, 3.63) is 29.7 Å². The maximum atomic E-state index is 11.1. The van der Waals surface area contributed by atoms with Crippen LogP contribution in [0.2, 0.25) is 0 Å². The molecular formula is C14H18N4O3. The van der Waals surface area contributed by atoms with Crippen LogP contribution in [0, 0.1) is 0 Å². The number of carboxylic acid groups (broad SMARTS) is 1. The first-order chi connectivity index (χ1) is 10.2. The highest BCUT2D eigenvalue weighted by Crippen LogP contribution is 2.26. The SMILES string of the molecule is COCCN1CCC(c2nnc3ccc(C(=O)O)cn23)C1.